The van der Waals surface area contributed by atoms with E-state index in [-0.39, 0.29) is 58.4 Å². The molecule has 172 valence electrons. The summed E-state index contributed by atoms with van der Waals surface area (Å²) < 4.78 is 27.6. The number of benzene rings is 3. The minimum absolute atomic E-state index is 0. The van der Waals surface area contributed by atoms with Crippen molar-refractivity contribution >= 4 is 40.1 Å². The predicted octanol–water partition coefficient (Wildman–Crippen LogP) is 1.09. The van der Waals surface area contributed by atoms with Crippen molar-refractivity contribution in [3.05, 3.63) is 93.8 Å². The molecule has 4 rings (SSSR count). The Hall–Kier alpha value is -2.91. The molecule has 0 bridgehead atoms. The fourth-order valence-electron chi connectivity index (χ4n) is 3.72. The van der Waals surface area contributed by atoms with Gasteiger partial charge in [-0.3, -0.25) is 4.79 Å². The second kappa shape index (κ2) is 11.2. The third kappa shape index (κ3) is 5.67. The van der Waals surface area contributed by atoms with Gasteiger partial charge in [-0.25, -0.2) is 4.39 Å². The quantitative estimate of drug-likeness (QED) is 0.215. The van der Waals surface area contributed by atoms with Gasteiger partial charge in [-0.2, -0.15) is 8.75 Å². The second-order valence-electron chi connectivity index (χ2n) is 7.88. The maximum absolute atomic E-state index is 14.4. The summed E-state index contributed by atoms with van der Waals surface area (Å²) in [6.45, 7) is 3.79. The number of methoxy groups -OCH3 is 1. The van der Waals surface area contributed by atoms with Crippen LogP contribution in [0.5, 0.6) is 5.75 Å². The molecule has 4 aromatic rings. The van der Waals surface area contributed by atoms with E-state index in [1.165, 1.54) is 19.2 Å². The number of hydrogen-bond acceptors (Lipinski definition) is 7. The van der Waals surface area contributed by atoms with Gasteiger partial charge in [-0.05, 0) is 66.4 Å². The van der Waals surface area contributed by atoms with E-state index in [9.17, 15) is 19.1 Å². The number of aliphatic carboxylic acids is 1. The Morgan fingerprint density at radius 2 is 1.66 bits per heavy atom. The number of carboxylic acid groups (broad SMARTS) is 1. The van der Waals surface area contributed by atoms with Gasteiger partial charge >= 0.3 is 29.6 Å². The number of hydrogen-bond donors (Lipinski definition) is 0. The molecular formula is C26H20FN2NaO4S. The van der Waals surface area contributed by atoms with Crippen LogP contribution in [-0.2, 0) is 11.2 Å². The van der Waals surface area contributed by atoms with Crippen molar-refractivity contribution in [2.45, 2.75) is 20.3 Å². The standard InChI is InChI=1S/C26H21FN2O4S.Na/c1-14-4-6-18(10-15(14)2)25(30)19(11-16-5-9-23(33-3)20(27)12-16)24(26(31)32)17-7-8-21-22(13-17)29-34-28-21;/h4-10,12-13H,11H2,1-3H3,(H,31,32);/q;+1/p-1/b24-19+;. The van der Waals surface area contributed by atoms with Crippen LogP contribution in [0.4, 0.5) is 4.39 Å². The van der Waals surface area contributed by atoms with Crippen LogP contribution in [0.2, 0.25) is 0 Å². The van der Waals surface area contributed by atoms with E-state index in [1.54, 1.807) is 42.5 Å². The minimum atomic E-state index is -1.51. The molecule has 0 spiro atoms. The molecule has 6 nitrogen and oxygen atoms in total. The SMILES string of the molecule is COc1ccc(C/C(C(=O)c2ccc(C)c(C)c2)=C(\C(=O)[O-])c2ccc3nsnc3c2)cc1F.[Na+]. The minimum Gasteiger partial charge on any atom is -0.545 e. The number of carbonyl (C=O) groups excluding carboxylic acids is 2. The van der Waals surface area contributed by atoms with Crippen molar-refractivity contribution in [1.29, 1.82) is 0 Å². The van der Waals surface area contributed by atoms with Gasteiger partial charge in [0, 0.05) is 23.1 Å². The number of carbonyl (C=O) groups is 2. The van der Waals surface area contributed by atoms with Crippen LogP contribution < -0.4 is 39.4 Å². The van der Waals surface area contributed by atoms with E-state index < -0.39 is 17.6 Å². The molecule has 3 aromatic carbocycles. The Labute approximate surface area is 228 Å². The summed E-state index contributed by atoms with van der Waals surface area (Å²) in [5.74, 6) is -2.54. The largest absolute Gasteiger partial charge is 1.00 e. The molecule has 0 atom stereocenters. The average Bonchev–Trinajstić information content (AvgIpc) is 3.28. The van der Waals surface area contributed by atoms with Crippen molar-refractivity contribution in [3.63, 3.8) is 0 Å². The molecule has 0 radical (unpaired) electrons. The number of carboxylic acids is 1. The molecule has 0 aliphatic carbocycles. The number of allylic oxidation sites excluding steroid dienone is 1. The molecule has 1 aromatic heterocycles. The summed E-state index contributed by atoms with van der Waals surface area (Å²) in [6, 6.07) is 14.2. The third-order valence-electron chi connectivity index (χ3n) is 5.69. The zero-order valence-electron chi connectivity index (χ0n) is 19.7. The number of rotatable bonds is 7. The van der Waals surface area contributed by atoms with Gasteiger partial charge in [0.15, 0.2) is 17.3 Å². The summed E-state index contributed by atoms with van der Waals surface area (Å²) in [5, 5.41) is 12.4. The summed E-state index contributed by atoms with van der Waals surface area (Å²) in [6.07, 6.45) is -0.122. The third-order valence-corrected chi connectivity index (χ3v) is 6.25. The van der Waals surface area contributed by atoms with Gasteiger partial charge in [0.2, 0.25) is 0 Å². The Bertz CT molecular complexity index is 1470. The van der Waals surface area contributed by atoms with E-state index in [2.05, 4.69) is 8.75 Å². The van der Waals surface area contributed by atoms with Crippen molar-refractivity contribution < 1.29 is 53.4 Å². The van der Waals surface area contributed by atoms with Crippen LogP contribution in [0.1, 0.15) is 32.6 Å². The number of ketones is 1. The van der Waals surface area contributed by atoms with Crippen molar-refractivity contribution in [3.8, 4) is 5.75 Å². The maximum Gasteiger partial charge on any atom is 1.00 e. The van der Waals surface area contributed by atoms with Gasteiger partial charge in [-0.15, -0.1) is 0 Å². The molecule has 1 heterocycles. The van der Waals surface area contributed by atoms with E-state index in [0.717, 1.165) is 22.9 Å². The monoisotopic (exact) mass is 498 g/mol. The van der Waals surface area contributed by atoms with Crippen molar-refractivity contribution in [2.75, 3.05) is 7.11 Å². The normalized spacial score (nSPS) is 11.5. The number of nitrogens with zero attached hydrogens (tertiary/aromatic N) is 2. The van der Waals surface area contributed by atoms with Gasteiger partial charge in [0.05, 0.1) is 24.8 Å². The Morgan fingerprint density at radius 3 is 2.31 bits per heavy atom. The second-order valence-corrected chi connectivity index (χ2v) is 8.41. The first-order chi connectivity index (χ1) is 16.3. The van der Waals surface area contributed by atoms with Crippen LogP contribution in [0.25, 0.3) is 16.6 Å². The van der Waals surface area contributed by atoms with E-state index >= 15 is 0 Å². The first-order valence-corrected chi connectivity index (χ1v) is 11.1. The summed E-state index contributed by atoms with van der Waals surface area (Å²) in [7, 11) is 1.35. The van der Waals surface area contributed by atoms with E-state index in [0.29, 0.717) is 22.2 Å². The number of fused-ring (bicyclic) bond motifs is 1. The molecule has 9 heteroatoms. The first-order valence-electron chi connectivity index (χ1n) is 10.4. The predicted molar refractivity (Wildman–Crippen MR) is 126 cm³/mol. The Morgan fingerprint density at radius 1 is 0.943 bits per heavy atom. The maximum atomic E-state index is 14.4. The average molecular weight is 499 g/mol. The number of ether oxygens (including phenoxy) is 1. The molecule has 0 amide bonds. The molecule has 35 heavy (non-hydrogen) atoms. The zero-order chi connectivity index (χ0) is 24.4. The molecule has 0 saturated carbocycles. The smallest absolute Gasteiger partial charge is 0.545 e. The van der Waals surface area contributed by atoms with Crippen LogP contribution in [0.15, 0.2) is 60.2 Å². The summed E-state index contributed by atoms with van der Waals surface area (Å²) in [5.41, 5.74) is 3.75. The summed E-state index contributed by atoms with van der Waals surface area (Å²) in [4.78, 5) is 26.0. The number of halogens is 1. The molecule has 0 aliphatic rings. The van der Waals surface area contributed by atoms with Crippen LogP contribution in [0.3, 0.4) is 0 Å². The molecule has 0 N–H and O–H groups in total. The van der Waals surface area contributed by atoms with Crippen LogP contribution in [-0.4, -0.2) is 27.6 Å². The fraction of sp³-hybridized carbons (Fsp3) is 0.154. The van der Waals surface area contributed by atoms with E-state index in [1.807, 2.05) is 13.8 Å². The molecule has 0 aliphatic heterocycles. The number of aryl methyl sites for hydroxylation is 2. The number of aromatic nitrogens is 2. The van der Waals surface area contributed by atoms with Gasteiger partial charge < -0.3 is 14.6 Å². The van der Waals surface area contributed by atoms with E-state index in [4.69, 9.17) is 4.74 Å². The van der Waals surface area contributed by atoms with Crippen molar-refractivity contribution in [2.24, 2.45) is 0 Å². The van der Waals surface area contributed by atoms with Crippen LogP contribution in [0, 0.1) is 19.7 Å². The molecular weight excluding hydrogens is 478 g/mol. The summed E-state index contributed by atoms with van der Waals surface area (Å²) >= 11 is 1.00. The molecule has 0 fully saturated rings. The molecule has 0 saturated heterocycles. The van der Waals surface area contributed by atoms with Gasteiger partial charge in [0.1, 0.15) is 11.0 Å². The Kier molecular flexibility index (Phi) is 8.56. The first kappa shape index (κ1) is 26.7. The fourth-order valence-corrected chi connectivity index (χ4v) is 4.23. The molecule has 0 unspecified atom stereocenters. The van der Waals surface area contributed by atoms with Crippen molar-refractivity contribution in [1.82, 2.24) is 8.75 Å². The number of Topliss-reactive ketones (excluding diaryl/α,β-unsaturated/α-hetero) is 1. The van der Waals surface area contributed by atoms with Crippen LogP contribution >= 0.6 is 11.7 Å². The Balaban J connectivity index is 0.00000342. The van der Waals surface area contributed by atoms with Gasteiger partial charge in [0.25, 0.3) is 0 Å². The topological polar surface area (TPSA) is 92.2 Å². The van der Waals surface area contributed by atoms with Gasteiger partial charge in [-0.1, -0.05) is 24.3 Å². The zero-order valence-corrected chi connectivity index (χ0v) is 22.5.